The molecule has 0 aromatic heterocycles. The molecule has 1 aromatic rings. The molecule has 0 radical (unpaired) electrons. The van der Waals surface area contributed by atoms with Crippen molar-refractivity contribution in [3.8, 4) is 11.5 Å². The molecule has 1 atom stereocenters. The highest BCUT2D eigenvalue weighted by molar-refractivity contribution is 8.93. The van der Waals surface area contributed by atoms with E-state index in [1.165, 1.54) is 11.1 Å². The molecule has 1 aromatic carbocycles. The SMILES string of the molecule is Br.CN(C)CC1CCCc2cc(O)c(O)cc21. The maximum absolute atomic E-state index is 9.56. The van der Waals surface area contributed by atoms with E-state index in [1.54, 1.807) is 12.1 Å². The number of hydrogen-bond donors (Lipinski definition) is 2. The number of phenolic OH excluding ortho intramolecular Hbond substituents is 2. The first-order valence-corrected chi connectivity index (χ1v) is 5.77. The standard InChI is InChI=1S/C13H19NO2.BrH/c1-14(2)8-10-5-3-4-9-6-12(15)13(16)7-11(9)10;/h6-7,10,15-16H,3-5,8H2,1-2H3;1H. The molecule has 1 aliphatic carbocycles. The predicted molar refractivity (Wildman–Crippen MR) is 74.3 cm³/mol. The second-order valence-electron chi connectivity index (χ2n) is 4.89. The summed E-state index contributed by atoms with van der Waals surface area (Å²) in [5.41, 5.74) is 2.39. The van der Waals surface area contributed by atoms with Crippen molar-refractivity contribution in [3.63, 3.8) is 0 Å². The van der Waals surface area contributed by atoms with E-state index in [-0.39, 0.29) is 28.5 Å². The molecule has 0 heterocycles. The van der Waals surface area contributed by atoms with Gasteiger partial charge in [0.15, 0.2) is 11.5 Å². The fourth-order valence-corrected chi connectivity index (χ4v) is 2.56. The number of aromatic hydroxyl groups is 2. The molecular formula is C13H20BrNO2. The summed E-state index contributed by atoms with van der Waals surface area (Å²) in [6, 6.07) is 3.45. The van der Waals surface area contributed by atoms with Gasteiger partial charge in [-0.05, 0) is 62.5 Å². The number of phenols is 2. The summed E-state index contributed by atoms with van der Waals surface area (Å²) in [5, 5.41) is 19.0. The number of aryl methyl sites for hydroxylation is 1. The molecule has 0 saturated carbocycles. The van der Waals surface area contributed by atoms with Gasteiger partial charge in [0.25, 0.3) is 0 Å². The van der Waals surface area contributed by atoms with Crippen LogP contribution in [0, 0.1) is 0 Å². The Morgan fingerprint density at radius 1 is 1.24 bits per heavy atom. The average Bonchev–Trinajstić information content (AvgIpc) is 2.20. The fourth-order valence-electron chi connectivity index (χ4n) is 2.56. The van der Waals surface area contributed by atoms with Gasteiger partial charge in [-0.2, -0.15) is 0 Å². The Bertz CT molecular complexity index is 393. The number of halogens is 1. The van der Waals surface area contributed by atoms with Crippen LogP contribution in [0.2, 0.25) is 0 Å². The Balaban J connectivity index is 0.00000144. The van der Waals surface area contributed by atoms with Gasteiger partial charge in [-0.15, -0.1) is 17.0 Å². The van der Waals surface area contributed by atoms with Crippen molar-refractivity contribution in [1.29, 1.82) is 0 Å². The Morgan fingerprint density at radius 3 is 2.53 bits per heavy atom. The van der Waals surface area contributed by atoms with Crippen LogP contribution in [0.25, 0.3) is 0 Å². The number of hydrogen-bond acceptors (Lipinski definition) is 3. The monoisotopic (exact) mass is 301 g/mol. The van der Waals surface area contributed by atoms with Crippen molar-refractivity contribution in [2.24, 2.45) is 0 Å². The molecule has 0 saturated heterocycles. The molecule has 3 nitrogen and oxygen atoms in total. The van der Waals surface area contributed by atoms with Crippen molar-refractivity contribution in [3.05, 3.63) is 23.3 Å². The van der Waals surface area contributed by atoms with Crippen LogP contribution in [-0.4, -0.2) is 35.8 Å². The quantitative estimate of drug-likeness (QED) is 0.826. The van der Waals surface area contributed by atoms with E-state index in [0.717, 1.165) is 25.8 Å². The zero-order valence-electron chi connectivity index (χ0n) is 10.3. The highest BCUT2D eigenvalue weighted by atomic mass is 79.9. The smallest absolute Gasteiger partial charge is 0.157 e. The van der Waals surface area contributed by atoms with Crippen LogP contribution in [0.1, 0.15) is 29.9 Å². The van der Waals surface area contributed by atoms with Crippen LogP contribution in [0.4, 0.5) is 0 Å². The summed E-state index contributed by atoms with van der Waals surface area (Å²) in [6.45, 7) is 0.997. The minimum Gasteiger partial charge on any atom is -0.504 e. The molecule has 0 fully saturated rings. The molecule has 1 aliphatic rings. The number of rotatable bonds is 2. The summed E-state index contributed by atoms with van der Waals surface area (Å²) in [7, 11) is 4.13. The van der Waals surface area contributed by atoms with Gasteiger partial charge in [0.2, 0.25) is 0 Å². The number of fused-ring (bicyclic) bond motifs is 1. The molecule has 17 heavy (non-hydrogen) atoms. The van der Waals surface area contributed by atoms with E-state index in [4.69, 9.17) is 0 Å². The summed E-state index contributed by atoms with van der Waals surface area (Å²) in [6.07, 6.45) is 3.33. The molecule has 96 valence electrons. The van der Waals surface area contributed by atoms with Crippen LogP contribution >= 0.6 is 17.0 Å². The first-order valence-electron chi connectivity index (χ1n) is 5.77. The topological polar surface area (TPSA) is 43.7 Å². The molecule has 0 amide bonds. The van der Waals surface area contributed by atoms with Crippen LogP contribution in [-0.2, 0) is 6.42 Å². The lowest BCUT2D eigenvalue weighted by Gasteiger charge is -2.28. The van der Waals surface area contributed by atoms with Gasteiger partial charge in [-0.3, -0.25) is 0 Å². The lowest BCUT2D eigenvalue weighted by Crippen LogP contribution is -2.23. The molecule has 0 bridgehead atoms. The van der Waals surface area contributed by atoms with Crippen molar-refractivity contribution >= 4 is 17.0 Å². The number of benzene rings is 1. The summed E-state index contributed by atoms with van der Waals surface area (Å²) >= 11 is 0. The lowest BCUT2D eigenvalue weighted by molar-refractivity contribution is 0.349. The third-order valence-corrected chi connectivity index (χ3v) is 3.26. The number of nitrogens with zero attached hydrogens (tertiary/aromatic N) is 1. The van der Waals surface area contributed by atoms with Crippen molar-refractivity contribution in [2.75, 3.05) is 20.6 Å². The molecule has 4 heteroatoms. The van der Waals surface area contributed by atoms with E-state index in [9.17, 15) is 10.2 Å². The Hall–Kier alpha value is -0.740. The van der Waals surface area contributed by atoms with Crippen LogP contribution < -0.4 is 0 Å². The Labute approximate surface area is 113 Å². The van der Waals surface area contributed by atoms with Crippen LogP contribution in [0.5, 0.6) is 11.5 Å². The normalized spacial score (nSPS) is 18.6. The number of likely N-dealkylation sites (N-methyl/N-ethyl adjacent to an activating group) is 1. The summed E-state index contributed by atoms with van der Waals surface area (Å²) < 4.78 is 0. The maximum atomic E-state index is 9.56. The van der Waals surface area contributed by atoms with Crippen molar-refractivity contribution in [2.45, 2.75) is 25.2 Å². The fraction of sp³-hybridized carbons (Fsp3) is 0.538. The second-order valence-corrected chi connectivity index (χ2v) is 4.89. The zero-order chi connectivity index (χ0) is 11.7. The van der Waals surface area contributed by atoms with E-state index >= 15 is 0 Å². The van der Waals surface area contributed by atoms with Crippen molar-refractivity contribution < 1.29 is 10.2 Å². The second kappa shape index (κ2) is 5.74. The van der Waals surface area contributed by atoms with Crippen LogP contribution in [0.3, 0.4) is 0 Å². The van der Waals surface area contributed by atoms with Crippen LogP contribution in [0.15, 0.2) is 12.1 Å². The first-order chi connectivity index (χ1) is 7.58. The molecule has 2 N–H and O–H groups in total. The summed E-state index contributed by atoms with van der Waals surface area (Å²) in [4.78, 5) is 2.17. The predicted octanol–water partition coefficient (Wildman–Crippen LogP) is 2.66. The third kappa shape index (κ3) is 3.13. The molecular weight excluding hydrogens is 282 g/mol. The van der Waals surface area contributed by atoms with E-state index < -0.39 is 0 Å². The van der Waals surface area contributed by atoms with Gasteiger partial charge in [0, 0.05) is 6.54 Å². The van der Waals surface area contributed by atoms with Gasteiger partial charge in [-0.25, -0.2) is 0 Å². The van der Waals surface area contributed by atoms with Crippen molar-refractivity contribution in [1.82, 2.24) is 4.90 Å². The van der Waals surface area contributed by atoms with Gasteiger partial charge < -0.3 is 15.1 Å². The third-order valence-electron chi connectivity index (χ3n) is 3.26. The highest BCUT2D eigenvalue weighted by Crippen LogP contribution is 2.38. The van der Waals surface area contributed by atoms with E-state index in [1.807, 2.05) is 0 Å². The Kier molecular flexibility index (Phi) is 4.83. The largest absolute Gasteiger partial charge is 0.504 e. The Morgan fingerprint density at radius 2 is 1.88 bits per heavy atom. The minimum atomic E-state index is 0. The van der Waals surface area contributed by atoms with E-state index in [0.29, 0.717) is 5.92 Å². The van der Waals surface area contributed by atoms with E-state index in [2.05, 4.69) is 19.0 Å². The average molecular weight is 302 g/mol. The van der Waals surface area contributed by atoms with Gasteiger partial charge in [-0.1, -0.05) is 0 Å². The maximum Gasteiger partial charge on any atom is 0.157 e. The zero-order valence-corrected chi connectivity index (χ0v) is 12.0. The molecule has 2 rings (SSSR count). The highest BCUT2D eigenvalue weighted by Gasteiger charge is 2.22. The van der Waals surface area contributed by atoms with Gasteiger partial charge in [0.1, 0.15) is 0 Å². The summed E-state index contributed by atoms with van der Waals surface area (Å²) in [5.74, 6) is 0.485. The van der Waals surface area contributed by atoms with Gasteiger partial charge >= 0.3 is 0 Å². The molecule has 1 unspecified atom stereocenters. The molecule has 0 spiro atoms. The van der Waals surface area contributed by atoms with Gasteiger partial charge in [0.05, 0.1) is 0 Å². The first kappa shape index (κ1) is 14.3. The lowest BCUT2D eigenvalue weighted by atomic mass is 9.82. The molecule has 0 aliphatic heterocycles. The minimum absolute atomic E-state index is 0.